The lowest BCUT2D eigenvalue weighted by molar-refractivity contribution is 0.0964. The number of ether oxygens (including phenoxy) is 1. The molecule has 0 saturated heterocycles. The summed E-state index contributed by atoms with van der Waals surface area (Å²) < 4.78 is 19.1. The molecule has 0 saturated carbocycles. The molecule has 1 amide bonds. The molecule has 2 aromatic rings. The minimum Gasteiger partial charge on any atom is -0.454 e. The Balaban J connectivity index is 2.23. The zero-order valence-electron chi connectivity index (χ0n) is 12.1. The summed E-state index contributed by atoms with van der Waals surface area (Å²) in [4.78, 5) is 23.3. The van der Waals surface area contributed by atoms with Gasteiger partial charge in [-0.25, -0.2) is 19.4 Å². The van der Waals surface area contributed by atoms with Crippen LogP contribution in [0.5, 0.6) is 11.5 Å². The first-order chi connectivity index (χ1) is 11.1. The number of nitrogens with one attached hydrogen (secondary N) is 1. The minimum atomic E-state index is -0.620. The Kier molecular flexibility index (Phi) is 5.30. The minimum absolute atomic E-state index is 0.0652. The van der Waals surface area contributed by atoms with Crippen molar-refractivity contribution < 1.29 is 13.9 Å². The largest absolute Gasteiger partial charge is 0.454 e. The number of benzene rings is 1. The molecule has 0 bridgehead atoms. The van der Waals surface area contributed by atoms with E-state index in [0.29, 0.717) is 5.75 Å². The van der Waals surface area contributed by atoms with E-state index in [2.05, 4.69) is 33.6 Å². The summed E-state index contributed by atoms with van der Waals surface area (Å²) >= 11 is 0. The fraction of sp³-hybridized carbons (Fsp3) is 0. The van der Waals surface area contributed by atoms with E-state index in [4.69, 9.17) is 4.74 Å². The van der Waals surface area contributed by atoms with E-state index >= 15 is 0 Å². The Morgan fingerprint density at radius 3 is 2.65 bits per heavy atom. The summed E-state index contributed by atoms with van der Waals surface area (Å²) in [6.07, 6.45) is 7.09. The summed E-state index contributed by atoms with van der Waals surface area (Å²) in [5.74, 6) is -0.507. The average Bonchev–Trinajstić information content (AvgIpc) is 2.54. The lowest BCUT2D eigenvalue weighted by Crippen LogP contribution is -2.21. The molecule has 23 heavy (non-hydrogen) atoms. The molecule has 0 aliphatic heterocycles. The molecule has 0 radical (unpaired) electrons. The highest BCUT2D eigenvalue weighted by Crippen LogP contribution is 2.22. The normalized spacial score (nSPS) is 10.7. The molecular formula is C16H13FN4O2. The van der Waals surface area contributed by atoms with Crippen molar-refractivity contribution >= 4 is 12.6 Å². The Hall–Kier alpha value is -3.35. The highest BCUT2D eigenvalue weighted by molar-refractivity contribution is 5.95. The van der Waals surface area contributed by atoms with Crippen molar-refractivity contribution in [2.75, 3.05) is 0 Å². The number of carbonyl (C=O) groups is 1. The van der Waals surface area contributed by atoms with Crippen LogP contribution in [0.1, 0.15) is 10.4 Å². The molecule has 0 aliphatic rings. The third kappa shape index (κ3) is 4.57. The van der Waals surface area contributed by atoms with Crippen molar-refractivity contribution in [3.8, 4) is 11.5 Å². The van der Waals surface area contributed by atoms with Crippen molar-refractivity contribution in [2.24, 2.45) is 4.99 Å². The molecule has 0 aliphatic carbocycles. The maximum atomic E-state index is 13.7. The van der Waals surface area contributed by atoms with Gasteiger partial charge in [0.05, 0.1) is 12.4 Å². The predicted molar refractivity (Wildman–Crippen MR) is 83.8 cm³/mol. The van der Waals surface area contributed by atoms with Gasteiger partial charge in [-0.2, -0.15) is 0 Å². The molecule has 0 atom stereocenters. The SMILES string of the molecule is C=C/C=C(\N=C)NC(=O)c1cc(F)cc(Oc2cncnc2)c1. The van der Waals surface area contributed by atoms with Crippen molar-refractivity contribution in [2.45, 2.75) is 0 Å². The number of rotatable bonds is 6. The summed E-state index contributed by atoms with van der Waals surface area (Å²) in [5.41, 5.74) is 0.0652. The van der Waals surface area contributed by atoms with Gasteiger partial charge in [0, 0.05) is 11.6 Å². The number of hydrogen-bond acceptors (Lipinski definition) is 5. The first-order valence-electron chi connectivity index (χ1n) is 6.46. The van der Waals surface area contributed by atoms with Gasteiger partial charge in [-0.3, -0.25) is 4.79 Å². The molecule has 1 aromatic carbocycles. The Labute approximate surface area is 132 Å². The van der Waals surface area contributed by atoms with E-state index in [0.717, 1.165) is 12.1 Å². The fourth-order valence-electron chi connectivity index (χ4n) is 1.66. The molecular weight excluding hydrogens is 299 g/mol. The first kappa shape index (κ1) is 16.0. The van der Waals surface area contributed by atoms with Crippen LogP contribution >= 0.6 is 0 Å². The topological polar surface area (TPSA) is 76.5 Å². The second kappa shape index (κ2) is 7.60. The smallest absolute Gasteiger partial charge is 0.257 e. The van der Waals surface area contributed by atoms with Gasteiger partial charge >= 0.3 is 0 Å². The van der Waals surface area contributed by atoms with E-state index in [-0.39, 0.29) is 17.1 Å². The van der Waals surface area contributed by atoms with Gasteiger partial charge in [0.15, 0.2) is 5.75 Å². The zero-order chi connectivity index (χ0) is 16.7. The van der Waals surface area contributed by atoms with Crippen LogP contribution in [0, 0.1) is 5.82 Å². The number of nitrogens with zero attached hydrogens (tertiary/aromatic N) is 3. The molecule has 2 rings (SSSR count). The molecule has 7 heteroatoms. The predicted octanol–water partition coefficient (Wildman–Crippen LogP) is 2.87. The maximum absolute atomic E-state index is 13.7. The molecule has 0 unspecified atom stereocenters. The summed E-state index contributed by atoms with van der Waals surface area (Å²) in [7, 11) is 0. The fourth-order valence-corrected chi connectivity index (χ4v) is 1.66. The first-order valence-corrected chi connectivity index (χ1v) is 6.46. The average molecular weight is 312 g/mol. The quantitative estimate of drug-likeness (QED) is 0.657. The van der Waals surface area contributed by atoms with Gasteiger partial charge in [0.2, 0.25) is 0 Å². The van der Waals surface area contributed by atoms with Crippen LogP contribution in [0.3, 0.4) is 0 Å². The highest BCUT2D eigenvalue weighted by atomic mass is 19.1. The monoisotopic (exact) mass is 312 g/mol. The number of aliphatic imine (C=N–C) groups is 1. The third-order valence-electron chi connectivity index (χ3n) is 2.59. The number of hydrogen-bond donors (Lipinski definition) is 1. The molecule has 1 heterocycles. The molecule has 0 fully saturated rings. The van der Waals surface area contributed by atoms with Crippen LogP contribution in [-0.4, -0.2) is 22.6 Å². The number of aromatic nitrogens is 2. The Morgan fingerprint density at radius 2 is 2.00 bits per heavy atom. The van der Waals surface area contributed by atoms with E-state index in [1.165, 1.54) is 36.9 Å². The third-order valence-corrected chi connectivity index (χ3v) is 2.59. The zero-order valence-corrected chi connectivity index (χ0v) is 12.1. The van der Waals surface area contributed by atoms with Gasteiger partial charge < -0.3 is 10.1 Å². The second-order valence-corrected chi connectivity index (χ2v) is 4.25. The van der Waals surface area contributed by atoms with Crippen molar-refractivity contribution in [1.82, 2.24) is 15.3 Å². The van der Waals surface area contributed by atoms with Crippen molar-refractivity contribution in [1.29, 1.82) is 0 Å². The lowest BCUT2D eigenvalue weighted by atomic mass is 10.2. The van der Waals surface area contributed by atoms with Crippen LogP contribution in [0.4, 0.5) is 4.39 Å². The molecule has 6 nitrogen and oxygen atoms in total. The van der Waals surface area contributed by atoms with E-state index in [1.54, 1.807) is 0 Å². The van der Waals surface area contributed by atoms with Crippen LogP contribution in [0.2, 0.25) is 0 Å². The number of amides is 1. The standard InChI is InChI=1S/C16H13FN4O2/c1-3-4-15(18-2)21-16(22)11-5-12(17)7-13(6-11)23-14-8-19-10-20-9-14/h3-10H,1-2H2,(H,21,22)/b15-4+. The van der Waals surface area contributed by atoms with E-state index in [1.807, 2.05) is 0 Å². The Morgan fingerprint density at radius 1 is 1.26 bits per heavy atom. The van der Waals surface area contributed by atoms with Crippen molar-refractivity contribution in [3.63, 3.8) is 0 Å². The van der Waals surface area contributed by atoms with Crippen molar-refractivity contribution in [3.05, 3.63) is 72.9 Å². The summed E-state index contributed by atoms with van der Waals surface area (Å²) in [6, 6.07) is 3.62. The van der Waals surface area contributed by atoms with Gasteiger partial charge in [0.25, 0.3) is 5.91 Å². The molecule has 1 N–H and O–H groups in total. The van der Waals surface area contributed by atoms with E-state index < -0.39 is 11.7 Å². The molecule has 0 spiro atoms. The molecule has 1 aromatic heterocycles. The molecule has 116 valence electrons. The number of halogens is 1. The summed E-state index contributed by atoms with van der Waals surface area (Å²) in [5, 5.41) is 2.48. The van der Waals surface area contributed by atoms with Gasteiger partial charge in [0.1, 0.15) is 23.7 Å². The van der Waals surface area contributed by atoms with Crippen LogP contribution < -0.4 is 10.1 Å². The van der Waals surface area contributed by atoms with Gasteiger partial charge in [-0.1, -0.05) is 12.7 Å². The highest BCUT2D eigenvalue weighted by Gasteiger charge is 2.11. The second-order valence-electron chi connectivity index (χ2n) is 4.25. The number of carbonyl (C=O) groups excluding carboxylic acids is 1. The Bertz CT molecular complexity index is 760. The van der Waals surface area contributed by atoms with Gasteiger partial charge in [-0.15, -0.1) is 0 Å². The maximum Gasteiger partial charge on any atom is 0.257 e. The number of allylic oxidation sites excluding steroid dienone is 2. The van der Waals surface area contributed by atoms with Gasteiger partial charge in [-0.05, 0) is 24.9 Å². The lowest BCUT2D eigenvalue weighted by Gasteiger charge is -2.08. The summed E-state index contributed by atoms with van der Waals surface area (Å²) in [6.45, 7) is 6.82. The van der Waals surface area contributed by atoms with Crippen LogP contribution in [0.15, 0.2) is 66.5 Å². The van der Waals surface area contributed by atoms with E-state index in [9.17, 15) is 9.18 Å². The van der Waals surface area contributed by atoms with Crippen LogP contribution in [-0.2, 0) is 0 Å². The van der Waals surface area contributed by atoms with Crippen LogP contribution in [0.25, 0.3) is 0 Å².